The number of imidazole rings is 1. The van der Waals surface area contributed by atoms with Crippen LogP contribution in [0.2, 0.25) is 0 Å². The summed E-state index contributed by atoms with van der Waals surface area (Å²) in [5.74, 6) is -6.14. The number of carbonyl (C=O) groups is 2. The zero-order valence-corrected chi connectivity index (χ0v) is 24.5. The first-order chi connectivity index (χ1) is 20.1. The van der Waals surface area contributed by atoms with Crippen molar-refractivity contribution in [1.29, 1.82) is 0 Å². The first-order valence-electron chi connectivity index (χ1n) is 13.9. The molecule has 2 amide bonds. The number of hydrogen-bond donors (Lipinski definition) is 2. The minimum atomic E-state index is -4.82. The molecule has 2 N–H and O–H groups in total. The van der Waals surface area contributed by atoms with E-state index in [9.17, 15) is 35.9 Å². The number of carbonyl (C=O) groups excluding carboxylic acids is 2. The summed E-state index contributed by atoms with van der Waals surface area (Å²) in [5, 5.41) is 5.49. The van der Waals surface area contributed by atoms with Crippen molar-refractivity contribution in [3.8, 4) is 0 Å². The molecule has 2 heterocycles. The van der Waals surface area contributed by atoms with Gasteiger partial charge in [0, 0.05) is 38.2 Å². The third kappa shape index (κ3) is 9.66. The third-order valence-electron chi connectivity index (χ3n) is 6.67. The molecule has 0 radical (unpaired) electrons. The molecule has 0 bridgehead atoms. The first-order valence-corrected chi connectivity index (χ1v) is 13.9. The number of amides is 2. The number of halogens is 6. The van der Waals surface area contributed by atoms with Crippen LogP contribution in [0.1, 0.15) is 74.5 Å². The summed E-state index contributed by atoms with van der Waals surface area (Å²) < 4.78 is 94.7. The molecular weight excluding hydrogens is 584 g/mol. The molecule has 0 saturated carbocycles. The van der Waals surface area contributed by atoms with Crippen LogP contribution in [0.15, 0.2) is 12.1 Å². The van der Waals surface area contributed by atoms with E-state index >= 15 is 0 Å². The van der Waals surface area contributed by atoms with Gasteiger partial charge >= 0.3 is 6.18 Å². The first kappa shape index (κ1) is 34.3. The third-order valence-corrected chi connectivity index (χ3v) is 6.67. The number of fused-ring (bicyclic) bond motifs is 1. The number of nitrogens with one attached hydrogen (secondary N) is 2. The number of aromatic nitrogens is 2. The van der Waals surface area contributed by atoms with Crippen LogP contribution >= 0.6 is 0 Å². The Morgan fingerprint density at radius 1 is 1.07 bits per heavy atom. The van der Waals surface area contributed by atoms with E-state index in [4.69, 9.17) is 9.47 Å². The van der Waals surface area contributed by atoms with Gasteiger partial charge in [0.05, 0.1) is 24.6 Å². The van der Waals surface area contributed by atoms with E-state index < -0.39 is 58.6 Å². The van der Waals surface area contributed by atoms with Gasteiger partial charge in [0.25, 0.3) is 5.91 Å². The van der Waals surface area contributed by atoms with E-state index in [-0.39, 0.29) is 63.8 Å². The smallest absolute Gasteiger partial charge is 0.351 e. The highest BCUT2D eigenvalue weighted by atomic mass is 19.4. The average Bonchev–Trinajstić information content (AvgIpc) is 3.30. The largest absolute Gasteiger partial charge is 0.449 e. The van der Waals surface area contributed by atoms with Crippen LogP contribution in [0.4, 0.5) is 26.3 Å². The summed E-state index contributed by atoms with van der Waals surface area (Å²) in [5.41, 5.74) is -1.14. The van der Waals surface area contributed by atoms with Gasteiger partial charge < -0.3 is 24.3 Å². The van der Waals surface area contributed by atoms with Gasteiger partial charge in [0.15, 0.2) is 17.3 Å². The van der Waals surface area contributed by atoms with E-state index in [1.807, 2.05) is 27.7 Å². The molecule has 240 valence electrons. The lowest BCUT2D eigenvalue weighted by Crippen LogP contribution is -2.44. The topological polar surface area (TPSA) is 97.7 Å². The lowest BCUT2D eigenvalue weighted by molar-refractivity contribution is -0.148. The minimum Gasteiger partial charge on any atom is -0.351 e. The minimum absolute atomic E-state index is 0.0558. The van der Waals surface area contributed by atoms with Crippen LogP contribution in [0.3, 0.4) is 0 Å². The molecule has 43 heavy (non-hydrogen) atoms. The molecule has 0 spiro atoms. The molecule has 0 unspecified atom stereocenters. The summed E-state index contributed by atoms with van der Waals surface area (Å²) in [4.78, 5) is 31.0. The van der Waals surface area contributed by atoms with Gasteiger partial charge in [-0.3, -0.25) is 14.9 Å². The van der Waals surface area contributed by atoms with Crippen LogP contribution in [0.25, 0.3) is 0 Å². The van der Waals surface area contributed by atoms with E-state index in [1.165, 1.54) is 4.90 Å². The standard InChI is InChI=1S/C28H37F6N5O4/c1-5-6-7-35-25(41)24-22-14-38(8-9-39(22)26(37-24)28(32,33)34)23(40)12-18(36-15-42-16-43-27(2,3)4)10-17-11-20(30)21(31)13-19(17)29/h11,13,18,36H,5-10,12,14-16H2,1-4H3,(H,35,41)/t18-/m1/s1. The Morgan fingerprint density at radius 3 is 2.42 bits per heavy atom. The van der Waals surface area contributed by atoms with Crippen molar-refractivity contribution in [1.82, 2.24) is 25.1 Å². The highest BCUT2D eigenvalue weighted by Gasteiger charge is 2.41. The Balaban J connectivity index is 1.78. The van der Waals surface area contributed by atoms with Crippen LogP contribution in [0.5, 0.6) is 0 Å². The lowest BCUT2D eigenvalue weighted by Gasteiger charge is -2.31. The maximum absolute atomic E-state index is 14.4. The van der Waals surface area contributed by atoms with Crippen molar-refractivity contribution in [3.63, 3.8) is 0 Å². The number of rotatable bonds is 13. The van der Waals surface area contributed by atoms with Gasteiger partial charge in [-0.25, -0.2) is 18.2 Å². The highest BCUT2D eigenvalue weighted by molar-refractivity contribution is 5.93. The van der Waals surface area contributed by atoms with Gasteiger partial charge in [-0.2, -0.15) is 13.2 Å². The van der Waals surface area contributed by atoms with Gasteiger partial charge in [0.1, 0.15) is 12.6 Å². The Hall–Kier alpha value is -3.17. The molecule has 1 aromatic heterocycles. The van der Waals surface area contributed by atoms with Crippen molar-refractivity contribution in [3.05, 3.63) is 52.4 Å². The van der Waals surface area contributed by atoms with Crippen molar-refractivity contribution >= 4 is 11.8 Å². The van der Waals surface area contributed by atoms with E-state index in [0.717, 1.165) is 11.0 Å². The van der Waals surface area contributed by atoms with Crippen molar-refractivity contribution < 1.29 is 45.4 Å². The maximum atomic E-state index is 14.4. The summed E-state index contributed by atoms with van der Waals surface area (Å²) >= 11 is 0. The number of alkyl halides is 3. The molecule has 1 aliphatic rings. The number of nitrogens with zero attached hydrogens (tertiary/aromatic N) is 3. The molecule has 9 nitrogen and oxygen atoms in total. The van der Waals surface area contributed by atoms with Crippen molar-refractivity contribution in [2.75, 3.05) is 26.6 Å². The van der Waals surface area contributed by atoms with Crippen LogP contribution in [-0.2, 0) is 40.0 Å². The Labute approximate surface area is 245 Å². The predicted octanol–water partition coefficient (Wildman–Crippen LogP) is 4.53. The molecule has 0 aliphatic carbocycles. The lowest BCUT2D eigenvalue weighted by atomic mass is 10.0. The SMILES string of the molecule is CCCCNC(=O)c1nc(C(F)(F)F)n2c1CN(C(=O)C[C@@H](Cc1cc(F)c(F)cc1F)NCOCOC(C)(C)C)CC2. The molecular formula is C28H37F6N5O4. The molecule has 3 rings (SSSR count). The fourth-order valence-electron chi connectivity index (χ4n) is 4.42. The molecule has 1 atom stereocenters. The normalized spacial score (nSPS) is 14.5. The van der Waals surface area contributed by atoms with E-state index in [1.54, 1.807) is 0 Å². The monoisotopic (exact) mass is 621 g/mol. The van der Waals surface area contributed by atoms with Crippen LogP contribution in [-0.4, -0.2) is 64.5 Å². The maximum Gasteiger partial charge on any atom is 0.449 e. The summed E-state index contributed by atoms with van der Waals surface area (Å²) in [6.07, 6.45) is -3.95. The number of hydrogen-bond acceptors (Lipinski definition) is 6. The number of benzene rings is 1. The molecule has 2 aromatic rings. The van der Waals surface area contributed by atoms with Gasteiger partial charge in [-0.05, 0) is 45.2 Å². The van der Waals surface area contributed by atoms with Crippen LogP contribution in [0, 0.1) is 17.5 Å². The fourth-order valence-corrected chi connectivity index (χ4v) is 4.42. The zero-order chi connectivity index (χ0) is 31.9. The van der Waals surface area contributed by atoms with Gasteiger partial charge in [-0.1, -0.05) is 13.3 Å². The molecule has 0 fully saturated rings. The highest BCUT2D eigenvalue weighted by Crippen LogP contribution is 2.32. The van der Waals surface area contributed by atoms with Crippen molar-refractivity contribution in [2.45, 2.75) is 84.3 Å². The van der Waals surface area contributed by atoms with Crippen molar-refractivity contribution in [2.24, 2.45) is 0 Å². The molecule has 0 saturated heterocycles. The number of unbranched alkanes of at least 4 members (excludes halogenated alkanes) is 1. The summed E-state index contributed by atoms with van der Waals surface area (Å²) in [6.45, 7) is 6.69. The second-order valence-electron chi connectivity index (χ2n) is 11.2. The van der Waals surface area contributed by atoms with Gasteiger partial charge in [0.2, 0.25) is 11.7 Å². The quantitative estimate of drug-likeness (QED) is 0.148. The Morgan fingerprint density at radius 2 is 1.77 bits per heavy atom. The second-order valence-corrected chi connectivity index (χ2v) is 11.2. The molecule has 15 heteroatoms. The predicted molar refractivity (Wildman–Crippen MR) is 143 cm³/mol. The summed E-state index contributed by atoms with van der Waals surface area (Å²) in [6, 6.07) is 0.277. The molecule has 1 aromatic carbocycles. The van der Waals surface area contributed by atoms with E-state index in [0.29, 0.717) is 18.6 Å². The van der Waals surface area contributed by atoms with E-state index in [2.05, 4.69) is 15.6 Å². The fraction of sp³-hybridized carbons (Fsp3) is 0.607. The average molecular weight is 622 g/mol. The number of ether oxygens (including phenoxy) is 2. The molecule has 1 aliphatic heterocycles. The Kier molecular flexibility index (Phi) is 11.6. The van der Waals surface area contributed by atoms with Crippen LogP contribution < -0.4 is 10.6 Å². The summed E-state index contributed by atoms with van der Waals surface area (Å²) in [7, 11) is 0. The Bertz CT molecular complexity index is 1280. The second kappa shape index (κ2) is 14.5. The van der Waals surface area contributed by atoms with Gasteiger partial charge in [-0.15, -0.1) is 0 Å². The zero-order valence-electron chi connectivity index (χ0n) is 24.5.